The van der Waals surface area contributed by atoms with Gasteiger partial charge in [0, 0.05) is 39.4 Å². The molecule has 0 bridgehead atoms. The van der Waals surface area contributed by atoms with Crippen LogP contribution in [0.5, 0.6) is 0 Å². The van der Waals surface area contributed by atoms with E-state index in [2.05, 4.69) is 53.4 Å². The Morgan fingerprint density at radius 2 is 1.43 bits per heavy atom. The molecule has 5 aromatic rings. The third-order valence-corrected chi connectivity index (χ3v) is 8.22. The first-order valence-corrected chi connectivity index (χ1v) is 14.1. The molecule has 3 heterocycles. The molecule has 1 aliphatic rings. The van der Waals surface area contributed by atoms with E-state index in [0.717, 1.165) is 18.8 Å². The zero-order chi connectivity index (χ0) is 27.6. The van der Waals surface area contributed by atoms with Gasteiger partial charge in [0.1, 0.15) is 11.4 Å². The predicted octanol–water partition coefficient (Wildman–Crippen LogP) is 6.73. The highest BCUT2D eigenvalue weighted by Crippen LogP contribution is 2.31. The van der Waals surface area contributed by atoms with E-state index in [1.54, 1.807) is 16.8 Å². The number of amides is 1. The minimum Gasteiger partial charge on any atom is -0.349 e. The largest absolute Gasteiger partial charge is 0.349 e. The minimum absolute atomic E-state index is 0.0605. The molecule has 40 heavy (non-hydrogen) atoms. The van der Waals surface area contributed by atoms with E-state index >= 15 is 0 Å². The zero-order valence-electron chi connectivity index (χ0n) is 22.1. The number of hydrogen-bond acceptors (Lipinski definition) is 3. The Morgan fingerprint density at radius 1 is 0.775 bits per heavy atom. The second-order valence-electron chi connectivity index (χ2n) is 9.98. The Labute approximate surface area is 244 Å². The van der Waals surface area contributed by atoms with Gasteiger partial charge in [-0.2, -0.15) is 5.10 Å². The maximum atomic E-state index is 14.0. The summed E-state index contributed by atoms with van der Waals surface area (Å²) in [5.74, 6) is -0.0605. The van der Waals surface area contributed by atoms with E-state index < -0.39 is 0 Å². The van der Waals surface area contributed by atoms with Crippen LogP contribution in [0.4, 0.5) is 0 Å². The van der Waals surface area contributed by atoms with Crippen LogP contribution in [-0.2, 0) is 7.05 Å². The van der Waals surface area contributed by atoms with Crippen molar-refractivity contribution in [3.63, 3.8) is 0 Å². The number of nitrogens with zero attached hydrogens (tertiary/aromatic N) is 5. The third kappa shape index (κ3) is 5.18. The average Bonchev–Trinajstić information content (AvgIpc) is 3.62. The van der Waals surface area contributed by atoms with Crippen LogP contribution in [0.2, 0.25) is 10.0 Å². The van der Waals surface area contributed by atoms with Crippen LogP contribution in [0.3, 0.4) is 0 Å². The smallest absolute Gasteiger partial charge is 0.272 e. The van der Waals surface area contributed by atoms with Crippen LogP contribution in [0, 0.1) is 0 Å². The zero-order valence-corrected chi connectivity index (χ0v) is 23.6. The summed E-state index contributed by atoms with van der Waals surface area (Å²) in [6.45, 7) is 2.74. The summed E-state index contributed by atoms with van der Waals surface area (Å²) < 4.78 is 3.66. The molecule has 8 heteroatoms. The quantitative estimate of drug-likeness (QED) is 0.228. The number of hydrogen-bond donors (Lipinski definition) is 0. The van der Waals surface area contributed by atoms with Gasteiger partial charge in [-0.15, -0.1) is 0 Å². The highest BCUT2D eigenvalue weighted by molar-refractivity contribution is 6.42. The number of piperazine rings is 1. The topological polar surface area (TPSA) is 46.3 Å². The van der Waals surface area contributed by atoms with Crippen LogP contribution >= 0.6 is 23.2 Å². The second kappa shape index (κ2) is 11.3. The lowest BCUT2D eigenvalue weighted by Gasteiger charge is -2.39. The Bertz CT molecular complexity index is 1580. The molecule has 1 amide bonds. The maximum absolute atomic E-state index is 14.0. The van der Waals surface area contributed by atoms with Crippen molar-refractivity contribution >= 4 is 29.1 Å². The Balaban J connectivity index is 1.28. The summed E-state index contributed by atoms with van der Waals surface area (Å²) in [5, 5.41) is 5.70. The van der Waals surface area contributed by atoms with Crippen LogP contribution in [0.25, 0.3) is 17.1 Å². The average molecular weight is 571 g/mol. The lowest BCUT2D eigenvalue weighted by molar-refractivity contribution is 0.0589. The van der Waals surface area contributed by atoms with Gasteiger partial charge in [-0.05, 0) is 47.5 Å². The number of carbonyl (C=O) groups is 1. The normalized spacial score (nSPS) is 14.2. The molecule has 202 valence electrons. The minimum atomic E-state index is -0.0605. The number of aromatic nitrogens is 3. The second-order valence-corrected chi connectivity index (χ2v) is 10.8. The molecule has 1 fully saturated rings. The number of benzene rings is 3. The molecule has 1 aliphatic heterocycles. The van der Waals surface area contributed by atoms with Crippen molar-refractivity contribution < 1.29 is 4.79 Å². The van der Waals surface area contributed by atoms with Crippen LogP contribution in [0.15, 0.2) is 103 Å². The number of halogens is 2. The van der Waals surface area contributed by atoms with Gasteiger partial charge in [-0.25, -0.2) is 4.68 Å². The molecule has 2 aromatic heterocycles. The summed E-state index contributed by atoms with van der Waals surface area (Å²) >= 11 is 12.5. The third-order valence-electron chi connectivity index (χ3n) is 7.48. The van der Waals surface area contributed by atoms with Gasteiger partial charge in [0.2, 0.25) is 0 Å². The standard InChI is InChI=1S/C32H29Cl2N5O/c1-36-16-8-13-29(36)28-22-30(39(35-28)25-14-15-26(33)27(34)21-25)32(40)38-19-17-37(18-20-38)31(23-9-4-2-5-10-23)24-11-6-3-7-12-24/h2-16,21-22,31H,17-20H2,1H3. The summed E-state index contributed by atoms with van der Waals surface area (Å²) in [4.78, 5) is 18.4. The summed E-state index contributed by atoms with van der Waals surface area (Å²) in [6, 6.07) is 32.4. The molecule has 3 aromatic carbocycles. The van der Waals surface area contributed by atoms with E-state index in [4.69, 9.17) is 28.3 Å². The predicted molar refractivity (Wildman–Crippen MR) is 160 cm³/mol. The van der Waals surface area contributed by atoms with Crippen molar-refractivity contribution in [2.45, 2.75) is 6.04 Å². The Hall–Kier alpha value is -3.84. The fourth-order valence-corrected chi connectivity index (χ4v) is 5.72. The molecule has 0 spiro atoms. The van der Waals surface area contributed by atoms with Crippen LogP contribution < -0.4 is 0 Å². The van der Waals surface area contributed by atoms with E-state index in [9.17, 15) is 4.79 Å². The molecule has 0 saturated carbocycles. The van der Waals surface area contributed by atoms with Gasteiger partial charge in [-0.1, -0.05) is 83.9 Å². The first kappa shape index (κ1) is 26.4. The lowest BCUT2D eigenvalue weighted by Crippen LogP contribution is -2.50. The van der Waals surface area contributed by atoms with Gasteiger partial charge in [0.15, 0.2) is 0 Å². The van der Waals surface area contributed by atoms with E-state index in [-0.39, 0.29) is 11.9 Å². The number of rotatable bonds is 6. The van der Waals surface area contributed by atoms with Gasteiger partial charge >= 0.3 is 0 Å². The molecule has 6 nitrogen and oxygen atoms in total. The van der Waals surface area contributed by atoms with Crippen LogP contribution in [-0.4, -0.2) is 56.2 Å². The van der Waals surface area contributed by atoms with Gasteiger partial charge in [0.25, 0.3) is 5.91 Å². The number of carbonyl (C=O) groups excluding carboxylic acids is 1. The summed E-state index contributed by atoms with van der Waals surface area (Å²) in [5.41, 5.74) is 5.31. The highest BCUT2D eigenvalue weighted by atomic mass is 35.5. The van der Waals surface area contributed by atoms with E-state index in [1.807, 2.05) is 59.1 Å². The molecular formula is C32H29Cl2N5O. The molecule has 1 saturated heterocycles. The number of aryl methyl sites for hydroxylation is 1. The van der Waals surface area contributed by atoms with Crippen molar-refractivity contribution in [2.75, 3.05) is 26.2 Å². The fraction of sp³-hybridized carbons (Fsp3) is 0.188. The van der Waals surface area contributed by atoms with Crippen molar-refractivity contribution in [3.05, 3.63) is 130 Å². The molecule has 6 rings (SSSR count). The molecule has 0 atom stereocenters. The maximum Gasteiger partial charge on any atom is 0.272 e. The first-order chi connectivity index (χ1) is 19.5. The van der Waals surface area contributed by atoms with E-state index in [0.29, 0.717) is 40.2 Å². The van der Waals surface area contributed by atoms with Crippen molar-refractivity contribution in [1.82, 2.24) is 24.1 Å². The molecule has 0 aliphatic carbocycles. The summed E-state index contributed by atoms with van der Waals surface area (Å²) in [6.07, 6.45) is 1.96. The first-order valence-electron chi connectivity index (χ1n) is 13.3. The lowest BCUT2D eigenvalue weighted by atomic mass is 9.96. The van der Waals surface area contributed by atoms with Crippen molar-refractivity contribution in [1.29, 1.82) is 0 Å². The highest BCUT2D eigenvalue weighted by Gasteiger charge is 2.30. The summed E-state index contributed by atoms with van der Waals surface area (Å²) in [7, 11) is 1.96. The fourth-order valence-electron chi connectivity index (χ4n) is 5.43. The SMILES string of the molecule is Cn1cccc1-c1cc(C(=O)N2CCN(C(c3ccccc3)c3ccccc3)CC2)n(-c2ccc(Cl)c(Cl)c2)n1. The van der Waals surface area contributed by atoms with E-state index in [1.165, 1.54) is 11.1 Å². The Kier molecular flexibility index (Phi) is 7.48. The van der Waals surface area contributed by atoms with Gasteiger partial charge < -0.3 is 9.47 Å². The van der Waals surface area contributed by atoms with Crippen molar-refractivity contribution in [3.8, 4) is 17.1 Å². The molecule has 0 unspecified atom stereocenters. The molecule has 0 radical (unpaired) electrons. The van der Waals surface area contributed by atoms with Gasteiger partial charge in [-0.3, -0.25) is 9.69 Å². The van der Waals surface area contributed by atoms with Crippen molar-refractivity contribution in [2.24, 2.45) is 7.05 Å². The Morgan fingerprint density at radius 3 is 2.00 bits per heavy atom. The monoisotopic (exact) mass is 569 g/mol. The van der Waals surface area contributed by atoms with Gasteiger partial charge in [0.05, 0.1) is 27.5 Å². The molecule has 0 N–H and O–H groups in total. The van der Waals surface area contributed by atoms with Crippen LogP contribution in [0.1, 0.15) is 27.7 Å². The molecular weight excluding hydrogens is 541 g/mol.